The summed E-state index contributed by atoms with van der Waals surface area (Å²) in [5, 5.41) is 11.5. The van der Waals surface area contributed by atoms with Crippen LogP contribution in [0.2, 0.25) is 0 Å². The predicted octanol–water partition coefficient (Wildman–Crippen LogP) is 3.04. The van der Waals surface area contributed by atoms with Crippen molar-refractivity contribution < 1.29 is 19.2 Å². The van der Waals surface area contributed by atoms with Crippen molar-refractivity contribution in [1.82, 2.24) is 28.8 Å². The zero-order valence-corrected chi connectivity index (χ0v) is 27.3. The first kappa shape index (κ1) is 33.5. The molecule has 0 aliphatic carbocycles. The second kappa shape index (κ2) is 15.1. The average molecular weight is 622 g/mol. The molecule has 4 N–H and O–H groups in total. The number of carbonyl (C=O) groups excluding carboxylic acids is 4. The molecular formula is C32H47N9O4. The van der Waals surface area contributed by atoms with Crippen LogP contribution in [0.15, 0.2) is 36.8 Å². The van der Waals surface area contributed by atoms with Gasteiger partial charge in [-0.15, -0.1) is 0 Å². The summed E-state index contributed by atoms with van der Waals surface area (Å²) in [6.45, 7) is 12.0. The van der Waals surface area contributed by atoms with E-state index in [2.05, 4.69) is 52.0 Å². The number of aryl methyl sites for hydroxylation is 3. The van der Waals surface area contributed by atoms with Crippen molar-refractivity contribution in [3.8, 4) is 0 Å². The third-order valence-corrected chi connectivity index (χ3v) is 7.92. The molecule has 4 amide bonds. The monoisotopic (exact) mass is 621 g/mol. The lowest BCUT2D eigenvalue weighted by Crippen LogP contribution is -2.45. The normalized spacial score (nSPS) is 14.0. The van der Waals surface area contributed by atoms with Gasteiger partial charge in [-0.2, -0.15) is 0 Å². The fourth-order valence-electron chi connectivity index (χ4n) is 5.33. The molecule has 0 spiro atoms. The molecule has 0 atom stereocenters. The summed E-state index contributed by atoms with van der Waals surface area (Å²) in [6, 6.07) is 4.90. The van der Waals surface area contributed by atoms with Crippen LogP contribution in [-0.2, 0) is 25.4 Å². The van der Waals surface area contributed by atoms with Gasteiger partial charge in [-0.1, -0.05) is 13.8 Å². The van der Waals surface area contributed by atoms with Gasteiger partial charge < -0.3 is 44.8 Å². The minimum absolute atomic E-state index is 0.191. The molecule has 4 rings (SSSR count). The van der Waals surface area contributed by atoms with E-state index in [1.807, 2.05) is 4.57 Å². The summed E-state index contributed by atoms with van der Waals surface area (Å²) in [5.41, 5.74) is 2.69. The molecule has 1 fully saturated rings. The Morgan fingerprint density at radius 2 is 1.24 bits per heavy atom. The molecule has 1 aliphatic rings. The largest absolute Gasteiger partial charge is 0.351 e. The Labute approximate surface area is 264 Å². The van der Waals surface area contributed by atoms with Crippen molar-refractivity contribution in [2.75, 3.05) is 62.3 Å². The Balaban J connectivity index is 1.39. The average Bonchev–Trinajstić information content (AvgIpc) is 3.66. The highest BCUT2D eigenvalue weighted by molar-refractivity contribution is 6.07. The van der Waals surface area contributed by atoms with E-state index < -0.39 is 0 Å². The van der Waals surface area contributed by atoms with Crippen LogP contribution in [0.3, 0.4) is 0 Å². The van der Waals surface area contributed by atoms with Gasteiger partial charge in [-0.3, -0.25) is 19.2 Å². The number of anilines is 3. The summed E-state index contributed by atoms with van der Waals surface area (Å²) in [4.78, 5) is 55.6. The van der Waals surface area contributed by atoms with Crippen molar-refractivity contribution in [1.29, 1.82) is 0 Å². The van der Waals surface area contributed by atoms with Gasteiger partial charge in [0.15, 0.2) is 0 Å². The standard InChI is InChI=1S/C32H47N9O4/c1-22(2)8-11-41-21-26(36-31(44)28-16-24(19-39(28)6)34-23(3)42)18-29(41)32(45)35-25-17-27(38(5)20-25)30(43)33-9-7-10-40-14-12-37(4)13-15-40/h16-22H,7-15H2,1-6H3,(H,33,43)(H,34,42)(H,35,45)(H,36,44). The number of rotatable bonds is 13. The van der Waals surface area contributed by atoms with Crippen molar-refractivity contribution in [2.24, 2.45) is 20.0 Å². The maximum absolute atomic E-state index is 13.5. The summed E-state index contributed by atoms with van der Waals surface area (Å²) in [5.74, 6) is -0.730. The molecule has 4 heterocycles. The van der Waals surface area contributed by atoms with Crippen LogP contribution in [0.4, 0.5) is 17.1 Å². The molecule has 244 valence electrons. The molecule has 0 bridgehead atoms. The predicted molar refractivity (Wildman–Crippen MR) is 176 cm³/mol. The van der Waals surface area contributed by atoms with Gasteiger partial charge in [-0.25, -0.2) is 0 Å². The van der Waals surface area contributed by atoms with Crippen molar-refractivity contribution >= 4 is 40.7 Å². The Hall–Kier alpha value is -4.36. The van der Waals surface area contributed by atoms with E-state index in [4.69, 9.17) is 0 Å². The van der Waals surface area contributed by atoms with Crippen LogP contribution in [0, 0.1) is 5.92 Å². The topological polar surface area (TPSA) is 138 Å². The molecule has 0 unspecified atom stereocenters. The lowest BCUT2D eigenvalue weighted by atomic mass is 10.1. The number of amides is 4. The van der Waals surface area contributed by atoms with E-state index in [0.29, 0.717) is 53.2 Å². The van der Waals surface area contributed by atoms with Gasteiger partial charge in [0.05, 0.1) is 17.1 Å². The van der Waals surface area contributed by atoms with E-state index in [1.165, 1.54) is 6.92 Å². The highest BCUT2D eigenvalue weighted by atomic mass is 16.2. The minimum Gasteiger partial charge on any atom is -0.351 e. The Morgan fingerprint density at radius 1 is 0.711 bits per heavy atom. The van der Waals surface area contributed by atoms with E-state index >= 15 is 0 Å². The first-order valence-corrected chi connectivity index (χ1v) is 15.5. The molecule has 0 aromatic carbocycles. The summed E-state index contributed by atoms with van der Waals surface area (Å²) in [7, 11) is 5.62. The number of likely N-dealkylation sites (N-methyl/N-ethyl adjacent to an activating group) is 1. The molecule has 45 heavy (non-hydrogen) atoms. The van der Waals surface area contributed by atoms with Gasteiger partial charge in [-0.05, 0) is 50.6 Å². The van der Waals surface area contributed by atoms with E-state index in [9.17, 15) is 19.2 Å². The zero-order chi connectivity index (χ0) is 32.7. The molecule has 0 radical (unpaired) electrons. The van der Waals surface area contributed by atoms with E-state index in [-0.39, 0.29) is 23.6 Å². The second-order valence-corrected chi connectivity index (χ2v) is 12.3. The van der Waals surface area contributed by atoms with Crippen LogP contribution in [0.25, 0.3) is 0 Å². The number of nitrogens with zero attached hydrogens (tertiary/aromatic N) is 5. The van der Waals surface area contributed by atoms with Crippen LogP contribution in [-0.4, -0.2) is 93.4 Å². The number of piperazine rings is 1. The van der Waals surface area contributed by atoms with E-state index in [1.54, 1.807) is 60.0 Å². The lowest BCUT2D eigenvalue weighted by Gasteiger charge is -2.32. The van der Waals surface area contributed by atoms with Crippen molar-refractivity contribution in [2.45, 2.75) is 40.2 Å². The molecule has 3 aromatic rings. The maximum atomic E-state index is 13.5. The SMILES string of the molecule is CC(=O)Nc1cc(C(=O)Nc2cc(C(=O)Nc3cc(C(=O)NCCCN4CCN(C)CC4)n(C)c3)n(CCC(C)C)c2)n(C)c1. The number of hydrogen-bond acceptors (Lipinski definition) is 6. The fraction of sp³-hybridized carbons (Fsp3) is 0.500. The number of aromatic nitrogens is 3. The first-order valence-electron chi connectivity index (χ1n) is 15.5. The quantitative estimate of drug-likeness (QED) is 0.217. The van der Waals surface area contributed by atoms with Gasteiger partial charge in [0.1, 0.15) is 17.1 Å². The van der Waals surface area contributed by atoms with Crippen molar-refractivity contribution in [3.05, 3.63) is 53.9 Å². The van der Waals surface area contributed by atoms with Crippen LogP contribution in [0.5, 0.6) is 0 Å². The highest BCUT2D eigenvalue weighted by Crippen LogP contribution is 2.21. The molecule has 1 saturated heterocycles. The van der Waals surface area contributed by atoms with Crippen LogP contribution < -0.4 is 21.3 Å². The van der Waals surface area contributed by atoms with Gasteiger partial charge in [0.25, 0.3) is 17.7 Å². The molecule has 1 aliphatic heterocycles. The molecular weight excluding hydrogens is 574 g/mol. The molecule has 3 aromatic heterocycles. The van der Waals surface area contributed by atoms with Crippen molar-refractivity contribution in [3.63, 3.8) is 0 Å². The Bertz CT molecular complexity index is 1510. The summed E-state index contributed by atoms with van der Waals surface area (Å²) >= 11 is 0. The third kappa shape index (κ3) is 9.32. The summed E-state index contributed by atoms with van der Waals surface area (Å²) < 4.78 is 5.15. The van der Waals surface area contributed by atoms with Gasteiger partial charge in [0.2, 0.25) is 5.91 Å². The van der Waals surface area contributed by atoms with Gasteiger partial charge >= 0.3 is 0 Å². The Morgan fingerprint density at radius 3 is 1.84 bits per heavy atom. The molecule has 0 saturated carbocycles. The van der Waals surface area contributed by atoms with E-state index in [0.717, 1.165) is 45.6 Å². The Kier molecular flexibility index (Phi) is 11.2. The molecule has 13 nitrogen and oxygen atoms in total. The smallest absolute Gasteiger partial charge is 0.272 e. The lowest BCUT2D eigenvalue weighted by molar-refractivity contribution is -0.114. The fourth-order valence-corrected chi connectivity index (χ4v) is 5.33. The van der Waals surface area contributed by atoms with Crippen LogP contribution in [0.1, 0.15) is 65.1 Å². The highest BCUT2D eigenvalue weighted by Gasteiger charge is 2.20. The third-order valence-electron chi connectivity index (χ3n) is 7.92. The van der Waals surface area contributed by atoms with Gasteiger partial charge in [0, 0.05) is 78.9 Å². The number of hydrogen-bond donors (Lipinski definition) is 4. The molecule has 13 heteroatoms. The minimum atomic E-state index is -0.371. The number of carbonyl (C=O) groups is 4. The number of nitrogens with one attached hydrogen (secondary N) is 4. The second-order valence-electron chi connectivity index (χ2n) is 12.3. The zero-order valence-electron chi connectivity index (χ0n) is 27.3. The van der Waals surface area contributed by atoms with Crippen LogP contribution >= 0.6 is 0 Å². The first-order chi connectivity index (χ1) is 21.4. The summed E-state index contributed by atoms with van der Waals surface area (Å²) in [6.07, 6.45) is 6.83. The maximum Gasteiger partial charge on any atom is 0.272 e.